The van der Waals surface area contributed by atoms with E-state index in [2.05, 4.69) is 10.3 Å². The summed E-state index contributed by atoms with van der Waals surface area (Å²) in [5, 5.41) is 2.87. The van der Waals surface area contributed by atoms with Gasteiger partial charge in [-0.1, -0.05) is 18.2 Å². The molecule has 0 unspecified atom stereocenters. The number of benzene rings is 1. The van der Waals surface area contributed by atoms with Crippen molar-refractivity contribution in [3.05, 3.63) is 52.8 Å². The van der Waals surface area contributed by atoms with Gasteiger partial charge in [0.25, 0.3) is 5.91 Å². The highest BCUT2D eigenvalue weighted by Gasteiger charge is 2.12. The Kier molecular flexibility index (Phi) is 3.62. The van der Waals surface area contributed by atoms with Crippen LogP contribution in [0.4, 0.5) is 0 Å². The van der Waals surface area contributed by atoms with Gasteiger partial charge >= 0.3 is 0 Å². The summed E-state index contributed by atoms with van der Waals surface area (Å²) in [5.41, 5.74) is 1.36. The number of ether oxygens (including phenoxy) is 1. The fraction of sp³-hybridized carbons (Fsp3) is 0.200. The average Bonchev–Trinajstić information content (AvgIpc) is 3.02. The zero-order valence-corrected chi connectivity index (χ0v) is 12.6. The molecule has 0 aliphatic carbocycles. The van der Waals surface area contributed by atoms with E-state index in [1.54, 1.807) is 24.6 Å². The fourth-order valence-electron chi connectivity index (χ4n) is 2.14. The van der Waals surface area contributed by atoms with E-state index in [1.165, 1.54) is 4.88 Å². The molecule has 21 heavy (non-hydrogen) atoms. The molecular formula is C15H15N3O2S. The molecule has 0 fully saturated rings. The Balaban J connectivity index is 1.72. The van der Waals surface area contributed by atoms with Crippen LogP contribution in [0.2, 0.25) is 0 Å². The van der Waals surface area contributed by atoms with Crippen LogP contribution in [0.1, 0.15) is 20.9 Å². The van der Waals surface area contributed by atoms with E-state index in [9.17, 15) is 4.79 Å². The zero-order valence-electron chi connectivity index (χ0n) is 11.8. The summed E-state index contributed by atoms with van der Waals surface area (Å²) in [6.07, 6.45) is 3.71. The zero-order chi connectivity index (χ0) is 14.8. The second kappa shape index (κ2) is 5.57. The quantitative estimate of drug-likeness (QED) is 0.806. The molecule has 5 nitrogen and oxygen atoms in total. The van der Waals surface area contributed by atoms with Crippen molar-refractivity contribution in [2.75, 3.05) is 7.11 Å². The van der Waals surface area contributed by atoms with Crippen molar-refractivity contribution in [1.82, 2.24) is 14.7 Å². The van der Waals surface area contributed by atoms with Crippen LogP contribution in [0.15, 0.2) is 36.7 Å². The molecule has 3 rings (SSSR count). The second-order valence-electron chi connectivity index (χ2n) is 4.65. The van der Waals surface area contributed by atoms with Crippen LogP contribution in [0, 0.1) is 6.92 Å². The first kappa shape index (κ1) is 13.6. The van der Waals surface area contributed by atoms with Crippen LogP contribution in [-0.2, 0) is 6.54 Å². The third kappa shape index (κ3) is 2.75. The Hall–Kier alpha value is -2.34. The highest BCUT2D eigenvalue weighted by Crippen LogP contribution is 2.18. The molecule has 0 aliphatic heterocycles. The molecule has 1 amide bonds. The minimum atomic E-state index is -0.186. The summed E-state index contributed by atoms with van der Waals surface area (Å²) >= 11 is 1.56. The van der Waals surface area contributed by atoms with Gasteiger partial charge in [-0.05, 0) is 13.0 Å². The van der Waals surface area contributed by atoms with E-state index in [4.69, 9.17) is 4.74 Å². The number of carbonyl (C=O) groups is 1. The first-order valence-corrected chi connectivity index (χ1v) is 7.34. The van der Waals surface area contributed by atoms with Crippen LogP contribution in [0.5, 0.6) is 5.75 Å². The number of carbonyl (C=O) groups excluding carboxylic acids is 1. The highest BCUT2D eigenvalue weighted by atomic mass is 32.1. The van der Waals surface area contributed by atoms with Gasteiger partial charge in [0.2, 0.25) is 0 Å². The van der Waals surface area contributed by atoms with Crippen molar-refractivity contribution < 1.29 is 9.53 Å². The summed E-state index contributed by atoms with van der Waals surface area (Å²) in [5.74, 6) is 0.578. The maximum Gasteiger partial charge on any atom is 0.271 e. The van der Waals surface area contributed by atoms with E-state index in [1.807, 2.05) is 41.8 Å². The lowest BCUT2D eigenvalue weighted by molar-refractivity contribution is 0.0946. The number of para-hydroxylation sites is 1. The monoisotopic (exact) mass is 301 g/mol. The van der Waals surface area contributed by atoms with Gasteiger partial charge in [-0.3, -0.25) is 9.20 Å². The molecular weight excluding hydrogens is 286 g/mol. The second-order valence-corrected chi connectivity index (χ2v) is 5.87. The molecule has 0 spiro atoms. The standard InChI is InChI=1S/C15H15N3O2S/c1-10-8-18-9-12(17-15(18)21-10)14(19)16-7-11-5-3-4-6-13(11)20-2/h3-6,8-9H,7H2,1-2H3,(H,16,19). The Morgan fingerprint density at radius 2 is 2.19 bits per heavy atom. The smallest absolute Gasteiger partial charge is 0.271 e. The van der Waals surface area contributed by atoms with Crippen molar-refractivity contribution in [3.8, 4) is 5.75 Å². The lowest BCUT2D eigenvalue weighted by Gasteiger charge is -2.08. The largest absolute Gasteiger partial charge is 0.496 e. The molecule has 0 atom stereocenters. The number of aromatic nitrogens is 2. The number of aryl methyl sites for hydroxylation is 1. The van der Waals surface area contributed by atoms with Crippen LogP contribution >= 0.6 is 11.3 Å². The molecule has 3 aromatic rings. The van der Waals surface area contributed by atoms with Gasteiger partial charge in [0.1, 0.15) is 11.4 Å². The van der Waals surface area contributed by atoms with Gasteiger partial charge in [0.05, 0.1) is 7.11 Å². The molecule has 2 heterocycles. The predicted molar refractivity (Wildman–Crippen MR) is 82.0 cm³/mol. The molecule has 2 aromatic heterocycles. The van der Waals surface area contributed by atoms with Crippen LogP contribution in [-0.4, -0.2) is 22.4 Å². The van der Waals surface area contributed by atoms with Gasteiger partial charge in [0, 0.05) is 29.4 Å². The third-order valence-electron chi connectivity index (χ3n) is 3.14. The summed E-state index contributed by atoms with van der Waals surface area (Å²) in [6.45, 7) is 2.42. The molecule has 0 aliphatic rings. The maximum atomic E-state index is 12.1. The number of rotatable bonds is 4. The lowest BCUT2D eigenvalue weighted by atomic mass is 10.2. The number of imidazole rings is 1. The van der Waals surface area contributed by atoms with Gasteiger partial charge in [-0.15, -0.1) is 11.3 Å². The van der Waals surface area contributed by atoms with Gasteiger partial charge in [-0.2, -0.15) is 0 Å². The van der Waals surface area contributed by atoms with E-state index in [0.717, 1.165) is 16.3 Å². The minimum Gasteiger partial charge on any atom is -0.496 e. The number of amides is 1. The number of nitrogens with one attached hydrogen (secondary N) is 1. The Labute approximate surface area is 126 Å². The van der Waals surface area contributed by atoms with Gasteiger partial charge in [0.15, 0.2) is 4.96 Å². The molecule has 108 valence electrons. The number of fused-ring (bicyclic) bond motifs is 1. The molecule has 0 saturated heterocycles. The van der Waals surface area contributed by atoms with Crippen molar-refractivity contribution in [1.29, 1.82) is 0 Å². The lowest BCUT2D eigenvalue weighted by Crippen LogP contribution is -2.23. The predicted octanol–water partition coefficient (Wildman–Crippen LogP) is 2.64. The van der Waals surface area contributed by atoms with Crippen molar-refractivity contribution >= 4 is 22.2 Å². The first-order valence-electron chi connectivity index (χ1n) is 6.52. The number of hydrogen-bond acceptors (Lipinski definition) is 4. The van der Waals surface area contributed by atoms with E-state index < -0.39 is 0 Å². The van der Waals surface area contributed by atoms with Crippen molar-refractivity contribution in [2.24, 2.45) is 0 Å². The molecule has 1 aromatic carbocycles. The SMILES string of the molecule is COc1ccccc1CNC(=O)c1cn2cc(C)sc2n1. The summed E-state index contributed by atoms with van der Waals surface area (Å²) in [7, 11) is 1.62. The average molecular weight is 301 g/mol. The number of hydrogen-bond donors (Lipinski definition) is 1. The topological polar surface area (TPSA) is 55.6 Å². The van der Waals surface area contributed by atoms with Crippen LogP contribution in [0.25, 0.3) is 4.96 Å². The molecule has 0 bridgehead atoms. The molecule has 0 radical (unpaired) electrons. The summed E-state index contributed by atoms with van der Waals surface area (Å²) < 4.78 is 7.14. The Bertz CT molecular complexity index is 760. The summed E-state index contributed by atoms with van der Waals surface area (Å²) in [6, 6.07) is 7.61. The third-order valence-corrected chi connectivity index (χ3v) is 4.05. The molecule has 0 saturated carbocycles. The van der Waals surface area contributed by atoms with Crippen molar-refractivity contribution in [2.45, 2.75) is 13.5 Å². The van der Waals surface area contributed by atoms with Crippen LogP contribution < -0.4 is 10.1 Å². The van der Waals surface area contributed by atoms with Crippen LogP contribution in [0.3, 0.4) is 0 Å². The Morgan fingerprint density at radius 1 is 1.38 bits per heavy atom. The maximum absolute atomic E-state index is 12.1. The Morgan fingerprint density at radius 3 is 2.95 bits per heavy atom. The number of nitrogens with zero attached hydrogens (tertiary/aromatic N) is 2. The van der Waals surface area contributed by atoms with Gasteiger partial charge in [-0.25, -0.2) is 4.98 Å². The van der Waals surface area contributed by atoms with E-state index in [0.29, 0.717) is 12.2 Å². The number of methoxy groups -OCH3 is 1. The van der Waals surface area contributed by atoms with E-state index in [-0.39, 0.29) is 5.91 Å². The normalized spacial score (nSPS) is 10.8. The van der Waals surface area contributed by atoms with E-state index >= 15 is 0 Å². The summed E-state index contributed by atoms with van der Waals surface area (Å²) in [4.78, 5) is 18.5. The molecule has 6 heteroatoms. The fourth-order valence-corrected chi connectivity index (χ4v) is 2.94. The van der Waals surface area contributed by atoms with Crippen molar-refractivity contribution in [3.63, 3.8) is 0 Å². The first-order chi connectivity index (χ1) is 10.2. The molecule has 1 N–H and O–H groups in total. The number of thiazole rings is 1. The highest BCUT2D eigenvalue weighted by molar-refractivity contribution is 7.17. The minimum absolute atomic E-state index is 0.186. The van der Waals surface area contributed by atoms with Gasteiger partial charge < -0.3 is 10.1 Å².